The summed E-state index contributed by atoms with van der Waals surface area (Å²) in [6.45, 7) is 4.13. The highest BCUT2D eigenvalue weighted by atomic mass is 32.1. The summed E-state index contributed by atoms with van der Waals surface area (Å²) in [5.41, 5.74) is 4.74. The summed E-state index contributed by atoms with van der Waals surface area (Å²) in [5, 5.41) is 4.61. The van der Waals surface area contributed by atoms with Crippen LogP contribution in [0.2, 0.25) is 0 Å². The predicted molar refractivity (Wildman–Crippen MR) is 84.9 cm³/mol. The second-order valence-corrected chi connectivity index (χ2v) is 4.88. The van der Waals surface area contributed by atoms with Crippen molar-refractivity contribution >= 4 is 34.6 Å². The molecular formula is C14H16N4OS. The Kier molecular flexibility index (Phi) is 4.14. The summed E-state index contributed by atoms with van der Waals surface area (Å²) in [7, 11) is 3.62. The number of hydrogen-bond donors (Lipinski definition) is 1. The fourth-order valence-corrected chi connectivity index (χ4v) is 1.93. The van der Waals surface area contributed by atoms with Gasteiger partial charge in [-0.1, -0.05) is 24.3 Å². The van der Waals surface area contributed by atoms with Crippen LogP contribution in [-0.2, 0) is 4.79 Å². The van der Waals surface area contributed by atoms with Crippen molar-refractivity contribution in [3.05, 3.63) is 42.5 Å². The molecule has 5 nitrogen and oxygen atoms in total. The highest BCUT2D eigenvalue weighted by Crippen LogP contribution is 2.28. The molecule has 2 rings (SSSR count). The standard InChI is InChI=1S/C14H16N4OS/c1-4-9-18-11-8-6-5-7-10(11)12(13(18)19)15-16-14(20)17(2)3/h4-8H,1,9H2,2-3H3,(H,16,20). The molecule has 1 amide bonds. The largest absolute Gasteiger partial charge is 0.354 e. The van der Waals surface area contributed by atoms with Gasteiger partial charge in [-0.25, -0.2) is 0 Å². The lowest BCUT2D eigenvalue weighted by molar-refractivity contribution is -0.112. The van der Waals surface area contributed by atoms with Crippen molar-refractivity contribution < 1.29 is 4.79 Å². The minimum absolute atomic E-state index is 0.153. The Morgan fingerprint density at radius 2 is 2.20 bits per heavy atom. The lowest BCUT2D eigenvalue weighted by Gasteiger charge is -2.14. The van der Waals surface area contributed by atoms with E-state index in [2.05, 4.69) is 17.1 Å². The average molecular weight is 288 g/mol. The number of anilines is 1. The average Bonchev–Trinajstić information content (AvgIpc) is 2.70. The number of amides is 1. The Morgan fingerprint density at radius 3 is 2.85 bits per heavy atom. The molecule has 1 aliphatic heterocycles. The molecule has 20 heavy (non-hydrogen) atoms. The van der Waals surface area contributed by atoms with Crippen LogP contribution in [0.3, 0.4) is 0 Å². The molecule has 0 spiro atoms. The quantitative estimate of drug-likeness (QED) is 0.518. The monoisotopic (exact) mass is 288 g/mol. The van der Waals surface area contributed by atoms with Gasteiger partial charge in [-0.2, -0.15) is 5.10 Å². The van der Waals surface area contributed by atoms with Gasteiger partial charge in [0.25, 0.3) is 5.91 Å². The first-order valence-corrected chi connectivity index (χ1v) is 6.54. The van der Waals surface area contributed by atoms with Crippen molar-refractivity contribution in [3.8, 4) is 0 Å². The third-order valence-electron chi connectivity index (χ3n) is 2.88. The van der Waals surface area contributed by atoms with Gasteiger partial charge in [-0.15, -0.1) is 6.58 Å². The van der Waals surface area contributed by atoms with E-state index in [4.69, 9.17) is 12.2 Å². The smallest absolute Gasteiger partial charge is 0.279 e. The molecule has 1 aromatic carbocycles. The first kappa shape index (κ1) is 14.2. The first-order valence-electron chi connectivity index (χ1n) is 6.13. The molecule has 1 aliphatic rings. The minimum Gasteiger partial charge on any atom is -0.354 e. The van der Waals surface area contributed by atoms with Crippen LogP contribution in [0.5, 0.6) is 0 Å². The Hall–Kier alpha value is -2.21. The van der Waals surface area contributed by atoms with Crippen molar-refractivity contribution in [1.29, 1.82) is 0 Å². The van der Waals surface area contributed by atoms with E-state index in [1.165, 1.54) is 0 Å². The maximum Gasteiger partial charge on any atom is 0.279 e. The normalized spacial score (nSPS) is 15.2. The molecule has 0 saturated heterocycles. The summed E-state index contributed by atoms with van der Waals surface area (Å²) < 4.78 is 0. The molecule has 1 heterocycles. The molecule has 0 saturated carbocycles. The topological polar surface area (TPSA) is 47.9 Å². The van der Waals surface area contributed by atoms with Crippen molar-refractivity contribution in [2.75, 3.05) is 25.5 Å². The van der Waals surface area contributed by atoms with Crippen molar-refractivity contribution in [2.45, 2.75) is 0 Å². The molecule has 1 aromatic rings. The Morgan fingerprint density at radius 1 is 1.50 bits per heavy atom. The second kappa shape index (κ2) is 5.83. The van der Waals surface area contributed by atoms with E-state index in [1.807, 2.05) is 38.4 Å². The van der Waals surface area contributed by atoms with E-state index in [0.29, 0.717) is 17.4 Å². The maximum atomic E-state index is 12.4. The number of fused-ring (bicyclic) bond motifs is 1. The van der Waals surface area contributed by atoms with Gasteiger partial charge in [0.1, 0.15) is 0 Å². The number of hydrazone groups is 1. The van der Waals surface area contributed by atoms with Gasteiger partial charge in [0.05, 0.1) is 5.69 Å². The lowest BCUT2D eigenvalue weighted by Crippen LogP contribution is -2.34. The minimum atomic E-state index is -0.153. The number of carbonyl (C=O) groups excluding carboxylic acids is 1. The molecule has 0 bridgehead atoms. The van der Waals surface area contributed by atoms with E-state index in [0.717, 1.165) is 11.3 Å². The van der Waals surface area contributed by atoms with Crippen LogP contribution in [0, 0.1) is 0 Å². The van der Waals surface area contributed by atoms with Crippen LogP contribution in [0.4, 0.5) is 5.69 Å². The fourth-order valence-electron chi connectivity index (χ4n) is 1.88. The van der Waals surface area contributed by atoms with Gasteiger partial charge in [0, 0.05) is 26.2 Å². The molecule has 1 N–H and O–H groups in total. The zero-order valence-corrected chi connectivity index (χ0v) is 12.3. The van der Waals surface area contributed by atoms with Crippen LogP contribution in [0.1, 0.15) is 5.56 Å². The third kappa shape index (κ3) is 2.55. The number of rotatable bonds is 3. The fraction of sp³-hybridized carbons (Fsp3) is 0.214. The van der Waals surface area contributed by atoms with E-state index in [9.17, 15) is 4.79 Å². The zero-order valence-electron chi connectivity index (χ0n) is 11.5. The van der Waals surface area contributed by atoms with Gasteiger partial charge in [-0.05, 0) is 18.3 Å². The number of benzene rings is 1. The predicted octanol–water partition coefficient (Wildman–Crippen LogP) is 1.36. The highest BCUT2D eigenvalue weighted by Gasteiger charge is 2.33. The van der Waals surface area contributed by atoms with Crippen molar-refractivity contribution in [3.63, 3.8) is 0 Å². The number of hydrogen-bond acceptors (Lipinski definition) is 3. The summed E-state index contributed by atoms with van der Waals surface area (Å²) in [6, 6.07) is 7.53. The molecule has 0 aliphatic carbocycles. The van der Waals surface area contributed by atoms with Gasteiger partial charge in [0.15, 0.2) is 10.8 Å². The number of nitrogens with zero attached hydrogens (tertiary/aromatic N) is 3. The number of para-hydroxylation sites is 1. The van der Waals surface area contributed by atoms with E-state index >= 15 is 0 Å². The SMILES string of the molecule is C=CCN1C(=O)C(=NNC(=S)N(C)C)c2ccccc21. The zero-order chi connectivity index (χ0) is 14.7. The van der Waals surface area contributed by atoms with Gasteiger partial charge < -0.3 is 9.80 Å². The third-order valence-corrected chi connectivity index (χ3v) is 3.34. The van der Waals surface area contributed by atoms with Crippen molar-refractivity contribution in [1.82, 2.24) is 10.3 Å². The van der Waals surface area contributed by atoms with E-state index in [-0.39, 0.29) is 5.91 Å². The number of thiocarbonyl (C=S) groups is 1. The summed E-state index contributed by atoms with van der Waals surface area (Å²) >= 11 is 5.10. The molecule has 0 fully saturated rings. The number of carbonyl (C=O) groups is 1. The second-order valence-electron chi connectivity index (χ2n) is 4.49. The van der Waals surface area contributed by atoms with Crippen LogP contribution >= 0.6 is 12.2 Å². The molecule has 6 heteroatoms. The lowest BCUT2D eigenvalue weighted by atomic mass is 10.1. The maximum absolute atomic E-state index is 12.4. The van der Waals surface area contributed by atoms with E-state index in [1.54, 1.807) is 15.9 Å². The van der Waals surface area contributed by atoms with Gasteiger partial charge >= 0.3 is 0 Å². The molecular weight excluding hydrogens is 272 g/mol. The van der Waals surface area contributed by atoms with Gasteiger partial charge in [0.2, 0.25) is 0 Å². The summed E-state index contributed by atoms with van der Waals surface area (Å²) in [5.74, 6) is -0.153. The van der Waals surface area contributed by atoms with Gasteiger partial charge in [-0.3, -0.25) is 10.2 Å². The Balaban J connectivity index is 2.35. The molecule has 0 aromatic heterocycles. The Labute approximate surface area is 123 Å². The molecule has 0 radical (unpaired) electrons. The van der Waals surface area contributed by atoms with E-state index < -0.39 is 0 Å². The van der Waals surface area contributed by atoms with Crippen LogP contribution in [-0.4, -0.2) is 42.3 Å². The molecule has 104 valence electrons. The first-order chi connectivity index (χ1) is 9.56. The highest BCUT2D eigenvalue weighted by molar-refractivity contribution is 7.80. The van der Waals surface area contributed by atoms with Crippen LogP contribution < -0.4 is 10.3 Å². The Bertz CT molecular complexity index is 595. The number of nitrogens with one attached hydrogen (secondary N) is 1. The molecule has 0 unspecified atom stereocenters. The van der Waals surface area contributed by atoms with Crippen molar-refractivity contribution in [2.24, 2.45) is 5.10 Å². The summed E-state index contributed by atoms with van der Waals surface area (Å²) in [4.78, 5) is 15.7. The van der Waals surface area contributed by atoms with Crippen LogP contribution in [0.25, 0.3) is 0 Å². The summed E-state index contributed by atoms with van der Waals surface area (Å²) in [6.07, 6.45) is 1.69. The molecule has 0 atom stereocenters. The van der Waals surface area contributed by atoms with Crippen LogP contribution in [0.15, 0.2) is 42.0 Å².